The number of alkyl halides is 2. The molecule has 1 unspecified atom stereocenters. The van der Waals surface area contributed by atoms with Gasteiger partial charge in [-0.3, -0.25) is 4.98 Å². The number of pyridine rings is 3. The second kappa shape index (κ2) is 11.0. The van der Waals surface area contributed by atoms with Crippen LogP contribution in [0.3, 0.4) is 0 Å². The Balaban J connectivity index is 1.44. The third-order valence-corrected chi connectivity index (χ3v) is 6.47. The zero-order valence-electron chi connectivity index (χ0n) is 19.2. The van der Waals surface area contributed by atoms with Crippen LogP contribution in [0.5, 0.6) is 0 Å². The van der Waals surface area contributed by atoms with Crippen LogP contribution < -0.4 is 5.32 Å². The lowest BCUT2D eigenvalue weighted by molar-refractivity contribution is 0.107. The number of anilines is 2. The Morgan fingerprint density at radius 2 is 1.76 bits per heavy atom. The largest absolute Gasteiger partial charge is 0.396 e. The lowest BCUT2D eigenvalue weighted by Gasteiger charge is -2.28. The van der Waals surface area contributed by atoms with E-state index in [-0.39, 0.29) is 12.2 Å². The maximum atomic E-state index is 13.0. The molecule has 0 saturated heterocycles. The molecule has 1 atom stereocenters. The molecule has 3 aromatic heterocycles. The Bertz CT molecular complexity index is 1090. The van der Waals surface area contributed by atoms with E-state index in [1.54, 1.807) is 6.20 Å². The Kier molecular flexibility index (Phi) is 7.80. The van der Waals surface area contributed by atoms with Gasteiger partial charge in [0.05, 0.1) is 17.5 Å². The average molecular weight is 469 g/mol. The number of halogens is 2. The highest BCUT2D eigenvalue weighted by molar-refractivity contribution is 5.64. The van der Waals surface area contributed by atoms with Crippen molar-refractivity contribution < 1.29 is 19.0 Å². The zero-order chi connectivity index (χ0) is 24.1. The summed E-state index contributed by atoms with van der Waals surface area (Å²) in [6.45, 7) is 2.18. The van der Waals surface area contributed by atoms with E-state index in [1.807, 2.05) is 31.2 Å². The molecule has 180 valence electrons. The van der Waals surface area contributed by atoms with Gasteiger partial charge in [-0.25, -0.2) is 18.7 Å². The molecule has 6 nitrogen and oxygen atoms in total. The van der Waals surface area contributed by atoms with Crippen LogP contribution in [0.25, 0.3) is 11.3 Å². The predicted molar refractivity (Wildman–Crippen MR) is 127 cm³/mol. The summed E-state index contributed by atoms with van der Waals surface area (Å²) < 4.78 is 26.0. The first-order chi connectivity index (χ1) is 16.4. The van der Waals surface area contributed by atoms with Gasteiger partial charge in [-0.15, -0.1) is 0 Å². The normalized spacial score (nSPS) is 19.2. The van der Waals surface area contributed by atoms with E-state index in [1.165, 1.54) is 18.3 Å². The quantitative estimate of drug-likeness (QED) is 0.390. The molecule has 1 aliphatic rings. The number of aryl methyl sites for hydroxylation is 1. The summed E-state index contributed by atoms with van der Waals surface area (Å²) in [7, 11) is 0. The van der Waals surface area contributed by atoms with Gasteiger partial charge in [0, 0.05) is 30.1 Å². The third-order valence-electron chi connectivity index (χ3n) is 6.47. The molecule has 34 heavy (non-hydrogen) atoms. The van der Waals surface area contributed by atoms with Crippen LogP contribution in [0, 0.1) is 18.8 Å². The monoisotopic (exact) mass is 468 g/mol. The van der Waals surface area contributed by atoms with Gasteiger partial charge in [-0.05, 0) is 92.8 Å². The molecule has 1 saturated carbocycles. The van der Waals surface area contributed by atoms with Crippen molar-refractivity contribution in [2.75, 3.05) is 11.9 Å². The Morgan fingerprint density at radius 1 is 1.00 bits per heavy atom. The van der Waals surface area contributed by atoms with Crippen molar-refractivity contribution in [3.63, 3.8) is 0 Å². The van der Waals surface area contributed by atoms with Crippen molar-refractivity contribution in [3.05, 3.63) is 65.6 Å². The van der Waals surface area contributed by atoms with Gasteiger partial charge >= 0.3 is 0 Å². The van der Waals surface area contributed by atoms with E-state index in [9.17, 15) is 19.0 Å². The number of nitrogens with zero attached hydrogens (tertiary/aromatic N) is 3. The van der Waals surface area contributed by atoms with E-state index in [2.05, 4.69) is 20.3 Å². The van der Waals surface area contributed by atoms with Gasteiger partial charge in [-0.1, -0.05) is 0 Å². The maximum absolute atomic E-state index is 13.0. The molecule has 0 spiro atoms. The van der Waals surface area contributed by atoms with E-state index in [0.717, 1.165) is 36.8 Å². The molecule has 0 aromatic carbocycles. The van der Waals surface area contributed by atoms with Crippen LogP contribution in [0.4, 0.5) is 20.4 Å². The fourth-order valence-corrected chi connectivity index (χ4v) is 4.50. The second-order valence-corrected chi connectivity index (χ2v) is 9.11. The number of hydrogen-bond donors (Lipinski definition) is 3. The summed E-state index contributed by atoms with van der Waals surface area (Å²) in [5.41, 5.74) is 2.95. The van der Waals surface area contributed by atoms with Crippen LogP contribution in [0.2, 0.25) is 0 Å². The number of nitrogens with one attached hydrogen (secondary N) is 1. The molecule has 1 aliphatic carbocycles. The van der Waals surface area contributed by atoms with E-state index in [4.69, 9.17) is 0 Å². The predicted octanol–water partition coefficient (Wildman–Crippen LogP) is 5.75. The van der Waals surface area contributed by atoms with Gasteiger partial charge in [0.15, 0.2) is 0 Å². The summed E-state index contributed by atoms with van der Waals surface area (Å²) in [6, 6.07) is 10.0. The number of aliphatic hydroxyl groups excluding tert-OH is 2. The van der Waals surface area contributed by atoms with Crippen molar-refractivity contribution >= 4 is 11.6 Å². The minimum absolute atomic E-state index is 0.106. The topological polar surface area (TPSA) is 91.2 Å². The van der Waals surface area contributed by atoms with E-state index < -0.39 is 12.5 Å². The molecule has 3 heterocycles. The fraction of sp³-hybridized carbons (Fsp3) is 0.423. The summed E-state index contributed by atoms with van der Waals surface area (Å²) >= 11 is 0. The van der Waals surface area contributed by atoms with Crippen LogP contribution in [-0.4, -0.2) is 31.8 Å². The number of aliphatic hydroxyl groups is 2. The van der Waals surface area contributed by atoms with Gasteiger partial charge in [0.25, 0.3) is 6.43 Å². The zero-order valence-corrected chi connectivity index (χ0v) is 19.2. The molecule has 3 aromatic rings. The molecule has 0 radical (unpaired) electrons. The van der Waals surface area contributed by atoms with Gasteiger partial charge in [-0.2, -0.15) is 0 Å². The molecule has 0 aliphatic heterocycles. The maximum Gasteiger partial charge on any atom is 0.264 e. The first-order valence-corrected chi connectivity index (χ1v) is 11.7. The van der Waals surface area contributed by atoms with Crippen molar-refractivity contribution in [2.45, 2.75) is 51.6 Å². The first kappa shape index (κ1) is 24.2. The van der Waals surface area contributed by atoms with Crippen LogP contribution in [0.1, 0.15) is 61.5 Å². The minimum Gasteiger partial charge on any atom is -0.396 e. The molecule has 8 heteroatoms. The molecule has 0 bridgehead atoms. The van der Waals surface area contributed by atoms with Crippen LogP contribution >= 0.6 is 0 Å². The summed E-state index contributed by atoms with van der Waals surface area (Å²) in [6.07, 6.45) is 4.59. The van der Waals surface area contributed by atoms with Crippen LogP contribution in [0.15, 0.2) is 48.8 Å². The SMILES string of the molecule is Cc1cc(Nc2cc(C(F)F)ccn2)nc(-c2ccc(C(O)C[C@H]3CC[C@H](CO)CC3)nc2)c1. The second-order valence-electron chi connectivity index (χ2n) is 9.11. The molecule has 3 N–H and O–H groups in total. The molecule has 1 fully saturated rings. The average Bonchev–Trinajstić information content (AvgIpc) is 2.84. The Labute approximate surface area is 198 Å². The van der Waals surface area contributed by atoms with E-state index >= 15 is 0 Å². The lowest BCUT2D eigenvalue weighted by Crippen LogP contribution is -2.19. The molecule has 0 amide bonds. The first-order valence-electron chi connectivity index (χ1n) is 11.7. The number of aromatic nitrogens is 3. The Morgan fingerprint density at radius 3 is 2.44 bits per heavy atom. The molecule has 4 rings (SSSR count). The standard InChI is InChI=1S/C26H30F2N4O2/c1-16-10-22(31-25(11-16)32-24-13-19(26(27)28)8-9-29-24)20-6-7-21(30-14-20)23(34)12-17-2-4-18(15-33)5-3-17/h6-11,13-14,17-18,23,26,33-34H,2-5,12,15H2,1H3,(H,29,31,32)/t17-,18-,23?. The summed E-state index contributed by atoms with van der Waals surface area (Å²) in [4.78, 5) is 13.2. The van der Waals surface area contributed by atoms with Crippen LogP contribution in [-0.2, 0) is 0 Å². The summed E-state index contributed by atoms with van der Waals surface area (Å²) in [5, 5.41) is 23.0. The minimum atomic E-state index is -2.57. The van der Waals surface area contributed by atoms with Gasteiger partial charge in [0.2, 0.25) is 0 Å². The molecular weight excluding hydrogens is 438 g/mol. The highest BCUT2D eigenvalue weighted by atomic mass is 19.3. The summed E-state index contributed by atoms with van der Waals surface area (Å²) in [5.74, 6) is 1.64. The fourth-order valence-electron chi connectivity index (χ4n) is 4.50. The Hall–Kier alpha value is -2.97. The van der Waals surface area contributed by atoms with E-state index in [0.29, 0.717) is 41.3 Å². The van der Waals surface area contributed by atoms with Crippen molar-refractivity contribution in [1.82, 2.24) is 15.0 Å². The smallest absolute Gasteiger partial charge is 0.264 e. The highest BCUT2D eigenvalue weighted by Crippen LogP contribution is 2.34. The van der Waals surface area contributed by atoms with Crippen molar-refractivity contribution in [3.8, 4) is 11.3 Å². The van der Waals surface area contributed by atoms with Gasteiger partial charge < -0.3 is 15.5 Å². The molecular formula is C26H30F2N4O2. The highest BCUT2D eigenvalue weighted by Gasteiger charge is 2.23. The van der Waals surface area contributed by atoms with Gasteiger partial charge in [0.1, 0.15) is 11.6 Å². The lowest BCUT2D eigenvalue weighted by atomic mass is 9.79. The number of rotatable bonds is 8. The van der Waals surface area contributed by atoms with Crippen molar-refractivity contribution in [1.29, 1.82) is 0 Å². The third kappa shape index (κ3) is 6.12. The van der Waals surface area contributed by atoms with Crippen molar-refractivity contribution in [2.24, 2.45) is 11.8 Å². The number of hydrogen-bond acceptors (Lipinski definition) is 6.